The minimum atomic E-state index is -0.0660. The van der Waals surface area contributed by atoms with Gasteiger partial charge < -0.3 is 14.4 Å². The highest BCUT2D eigenvalue weighted by atomic mass is 35.5. The summed E-state index contributed by atoms with van der Waals surface area (Å²) >= 11 is 6.68. The van der Waals surface area contributed by atoms with Crippen LogP contribution < -0.4 is 4.90 Å². The fourth-order valence-corrected chi connectivity index (χ4v) is 4.40. The van der Waals surface area contributed by atoms with E-state index in [0.717, 1.165) is 60.5 Å². The predicted molar refractivity (Wildman–Crippen MR) is 112 cm³/mol. The molecule has 152 valence electrons. The van der Waals surface area contributed by atoms with Crippen LogP contribution in [0.3, 0.4) is 0 Å². The van der Waals surface area contributed by atoms with Crippen molar-refractivity contribution in [1.82, 2.24) is 19.7 Å². The van der Waals surface area contributed by atoms with E-state index < -0.39 is 0 Å². The van der Waals surface area contributed by atoms with E-state index in [1.54, 1.807) is 12.4 Å². The van der Waals surface area contributed by atoms with E-state index in [0.29, 0.717) is 18.2 Å². The molecule has 3 aromatic heterocycles. The van der Waals surface area contributed by atoms with Crippen LogP contribution in [0.1, 0.15) is 32.4 Å². The lowest BCUT2D eigenvalue weighted by molar-refractivity contribution is -0.0383. The monoisotopic (exact) mass is 413 g/mol. The maximum Gasteiger partial charge on any atom is 0.150 e. The first-order valence-corrected chi connectivity index (χ1v) is 10.6. The van der Waals surface area contributed by atoms with Crippen molar-refractivity contribution in [3.8, 4) is 11.4 Å². The Morgan fingerprint density at radius 2 is 2.10 bits per heavy atom. The van der Waals surface area contributed by atoms with E-state index in [2.05, 4.69) is 21.9 Å². The molecule has 0 spiro atoms. The number of nitrogens with zero attached hydrogens (tertiary/aromatic N) is 5. The van der Waals surface area contributed by atoms with Crippen molar-refractivity contribution >= 4 is 28.3 Å². The standard InChI is InChI=1S/C21H24ClN5O2/c1-14-13-28-11-9-26(14)18-12-16(22)15-5-7-23-21(20(15)25-18)17-6-8-24-27(17)19-4-2-3-10-29-19/h5-8,12,14,19H,2-4,9-11,13H2,1H3. The molecular formula is C21H24ClN5O2. The third kappa shape index (κ3) is 3.47. The predicted octanol–water partition coefficient (Wildman–Crippen LogP) is 4.07. The Balaban J connectivity index is 1.63. The lowest BCUT2D eigenvalue weighted by Gasteiger charge is -2.34. The second-order valence-electron chi connectivity index (χ2n) is 7.62. The van der Waals surface area contributed by atoms with Crippen molar-refractivity contribution in [1.29, 1.82) is 0 Å². The molecule has 5 heterocycles. The molecule has 3 aromatic rings. The van der Waals surface area contributed by atoms with Crippen LogP contribution in [0.4, 0.5) is 5.82 Å². The number of fused-ring (bicyclic) bond motifs is 1. The number of rotatable bonds is 3. The Hall–Kier alpha value is -2.22. The summed E-state index contributed by atoms with van der Waals surface area (Å²) in [6, 6.07) is 6.07. The molecule has 0 aliphatic carbocycles. The summed E-state index contributed by atoms with van der Waals surface area (Å²) in [5.41, 5.74) is 2.46. The Kier molecular flexibility index (Phi) is 5.11. The molecule has 2 aliphatic rings. The molecule has 2 aliphatic heterocycles. The van der Waals surface area contributed by atoms with Gasteiger partial charge in [0.1, 0.15) is 17.0 Å². The van der Waals surface area contributed by atoms with Gasteiger partial charge in [0.25, 0.3) is 0 Å². The van der Waals surface area contributed by atoms with Gasteiger partial charge in [-0.1, -0.05) is 11.6 Å². The summed E-state index contributed by atoms with van der Waals surface area (Å²) in [5, 5.41) is 6.09. The van der Waals surface area contributed by atoms with Gasteiger partial charge in [0.05, 0.1) is 30.0 Å². The fourth-order valence-electron chi connectivity index (χ4n) is 4.15. The Labute approximate surface area is 174 Å². The zero-order chi connectivity index (χ0) is 19.8. The van der Waals surface area contributed by atoms with E-state index in [-0.39, 0.29) is 12.3 Å². The number of anilines is 1. The quantitative estimate of drug-likeness (QED) is 0.644. The van der Waals surface area contributed by atoms with Gasteiger partial charge in [-0.3, -0.25) is 4.98 Å². The summed E-state index contributed by atoms with van der Waals surface area (Å²) in [6.45, 7) is 5.06. The van der Waals surface area contributed by atoms with E-state index in [1.165, 1.54) is 0 Å². The first kappa shape index (κ1) is 18.8. The molecule has 0 radical (unpaired) electrons. The molecule has 2 saturated heterocycles. The average Bonchev–Trinajstić information content (AvgIpc) is 3.24. The third-order valence-electron chi connectivity index (χ3n) is 5.67. The van der Waals surface area contributed by atoms with Crippen LogP contribution in [0.2, 0.25) is 5.02 Å². The molecule has 0 bridgehead atoms. The van der Waals surface area contributed by atoms with Crippen LogP contribution in [0.25, 0.3) is 22.3 Å². The minimum absolute atomic E-state index is 0.0660. The van der Waals surface area contributed by atoms with Gasteiger partial charge >= 0.3 is 0 Å². The van der Waals surface area contributed by atoms with Gasteiger partial charge in [0, 0.05) is 30.9 Å². The van der Waals surface area contributed by atoms with Gasteiger partial charge in [-0.15, -0.1) is 0 Å². The van der Waals surface area contributed by atoms with Crippen LogP contribution in [0.5, 0.6) is 0 Å². The van der Waals surface area contributed by atoms with Crippen LogP contribution >= 0.6 is 11.6 Å². The lowest BCUT2D eigenvalue weighted by Crippen LogP contribution is -2.44. The fraction of sp³-hybridized carbons (Fsp3) is 0.476. The average molecular weight is 414 g/mol. The van der Waals surface area contributed by atoms with Gasteiger partial charge in [-0.2, -0.15) is 5.10 Å². The molecular weight excluding hydrogens is 390 g/mol. The molecule has 0 saturated carbocycles. The zero-order valence-electron chi connectivity index (χ0n) is 16.4. The van der Waals surface area contributed by atoms with Crippen LogP contribution in [-0.2, 0) is 9.47 Å². The first-order valence-electron chi connectivity index (χ1n) is 10.2. The van der Waals surface area contributed by atoms with Crippen LogP contribution in [0.15, 0.2) is 30.6 Å². The van der Waals surface area contributed by atoms with Crippen molar-refractivity contribution in [3.05, 3.63) is 35.6 Å². The van der Waals surface area contributed by atoms with E-state index in [9.17, 15) is 0 Å². The molecule has 8 heteroatoms. The molecule has 2 atom stereocenters. The minimum Gasteiger partial charge on any atom is -0.377 e. The van der Waals surface area contributed by atoms with Crippen LogP contribution in [-0.4, -0.2) is 52.2 Å². The molecule has 5 rings (SSSR count). The number of hydrogen-bond donors (Lipinski definition) is 0. The summed E-state index contributed by atoms with van der Waals surface area (Å²) in [5.74, 6) is 0.854. The number of aromatic nitrogens is 4. The second-order valence-corrected chi connectivity index (χ2v) is 8.02. The topological polar surface area (TPSA) is 65.3 Å². The molecule has 2 unspecified atom stereocenters. The highest BCUT2D eigenvalue weighted by Crippen LogP contribution is 2.35. The molecule has 0 amide bonds. The zero-order valence-corrected chi connectivity index (χ0v) is 17.2. The van der Waals surface area contributed by atoms with Gasteiger partial charge in [0.15, 0.2) is 6.23 Å². The normalized spacial score (nSPS) is 22.9. The SMILES string of the molecule is CC1COCCN1c1cc(Cl)c2ccnc(-c3ccnn3C3CCCCO3)c2n1. The van der Waals surface area contributed by atoms with Crippen molar-refractivity contribution < 1.29 is 9.47 Å². The summed E-state index contributed by atoms with van der Waals surface area (Å²) in [6.07, 6.45) is 6.69. The summed E-state index contributed by atoms with van der Waals surface area (Å²) < 4.78 is 13.5. The van der Waals surface area contributed by atoms with E-state index in [4.69, 9.17) is 26.1 Å². The molecule has 29 heavy (non-hydrogen) atoms. The molecule has 0 aromatic carbocycles. The van der Waals surface area contributed by atoms with Gasteiger partial charge in [-0.05, 0) is 44.4 Å². The van der Waals surface area contributed by atoms with Gasteiger partial charge in [0.2, 0.25) is 0 Å². The molecule has 2 fully saturated rings. The summed E-state index contributed by atoms with van der Waals surface area (Å²) in [4.78, 5) is 11.9. The van der Waals surface area contributed by atoms with E-state index in [1.807, 2.05) is 22.9 Å². The largest absolute Gasteiger partial charge is 0.377 e. The van der Waals surface area contributed by atoms with Gasteiger partial charge in [-0.25, -0.2) is 9.67 Å². The van der Waals surface area contributed by atoms with Crippen molar-refractivity contribution in [2.45, 2.75) is 38.5 Å². The number of ether oxygens (including phenoxy) is 2. The first-order chi connectivity index (χ1) is 14.2. The molecule has 0 N–H and O–H groups in total. The molecule has 7 nitrogen and oxygen atoms in total. The van der Waals surface area contributed by atoms with E-state index >= 15 is 0 Å². The maximum absolute atomic E-state index is 6.68. The van der Waals surface area contributed by atoms with Crippen molar-refractivity contribution in [3.63, 3.8) is 0 Å². The lowest BCUT2D eigenvalue weighted by atomic mass is 10.1. The highest BCUT2D eigenvalue weighted by molar-refractivity contribution is 6.35. The number of pyridine rings is 2. The third-order valence-corrected chi connectivity index (χ3v) is 5.98. The Bertz CT molecular complexity index is 1020. The van der Waals surface area contributed by atoms with Crippen molar-refractivity contribution in [2.24, 2.45) is 0 Å². The number of morpholine rings is 1. The smallest absolute Gasteiger partial charge is 0.150 e. The second kappa shape index (κ2) is 7.89. The Morgan fingerprint density at radius 3 is 2.93 bits per heavy atom. The maximum atomic E-state index is 6.68. The highest BCUT2D eigenvalue weighted by Gasteiger charge is 2.24. The van der Waals surface area contributed by atoms with Crippen molar-refractivity contribution in [2.75, 3.05) is 31.3 Å². The number of hydrogen-bond acceptors (Lipinski definition) is 6. The Morgan fingerprint density at radius 1 is 1.17 bits per heavy atom. The van der Waals surface area contributed by atoms with Crippen LogP contribution in [0, 0.1) is 0 Å². The number of halogens is 1. The summed E-state index contributed by atoms with van der Waals surface area (Å²) in [7, 11) is 0.